The largest absolute Gasteiger partial charge is 0.492 e. The number of fused-ring (bicyclic) bond motifs is 1. The van der Waals surface area contributed by atoms with E-state index in [1.807, 2.05) is 39.1 Å². The zero-order valence-corrected chi connectivity index (χ0v) is 24.0. The van der Waals surface area contributed by atoms with Crippen LogP contribution in [0.3, 0.4) is 0 Å². The van der Waals surface area contributed by atoms with Crippen LogP contribution in [0.25, 0.3) is 11.3 Å². The molecule has 0 N–H and O–H groups in total. The molecule has 0 spiro atoms. The molecule has 3 aromatic rings. The molecule has 1 saturated heterocycles. The lowest BCUT2D eigenvalue weighted by atomic mass is 9.82. The van der Waals surface area contributed by atoms with Gasteiger partial charge in [0.1, 0.15) is 18.2 Å². The van der Waals surface area contributed by atoms with Gasteiger partial charge in [0, 0.05) is 36.8 Å². The van der Waals surface area contributed by atoms with E-state index in [0.717, 1.165) is 59.7 Å². The van der Waals surface area contributed by atoms with Gasteiger partial charge in [-0.3, -0.25) is 9.97 Å². The molecule has 1 fully saturated rings. The quantitative estimate of drug-likeness (QED) is 0.315. The lowest BCUT2D eigenvalue weighted by Gasteiger charge is -2.41. The second kappa shape index (κ2) is 11.2. The number of cyclic esters (lactones) is 1. The average Bonchev–Trinajstić information content (AvgIpc) is 2.91. The van der Waals surface area contributed by atoms with Crippen LogP contribution in [0, 0.1) is 11.2 Å². The van der Waals surface area contributed by atoms with E-state index < -0.39 is 17.7 Å². The fourth-order valence-corrected chi connectivity index (χ4v) is 5.17. The van der Waals surface area contributed by atoms with Crippen molar-refractivity contribution in [3.63, 3.8) is 0 Å². The van der Waals surface area contributed by atoms with E-state index in [4.69, 9.17) is 24.2 Å². The Morgan fingerprint density at radius 2 is 1.77 bits per heavy atom. The minimum atomic E-state index is -0.866. The summed E-state index contributed by atoms with van der Waals surface area (Å²) in [4.78, 5) is 24.9. The van der Waals surface area contributed by atoms with Crippen molar-refractivity contribution in [3.05, 3.63) is 71.4 Å². The molecule has 1 unspecified atom stereocenters. The highest BCUT2D eigenvalue weighted by atomic mass is 19.1. The molecule has 2 aliphatic heterocycles. The zero-order chi connectivity index (χ0) is 28.5. The third kappa shape index (κ3) is 6.44. The maximum Gasteiger partial charge on any atom is 0.340 e. The molecule has 5 rings (SSSR count). The number of ether oxygens (including phenoxy) is 3. The summed E-state index contributed by atoms with van der Waals surface area (Å²) in [7, 11) is 0. The van der Waals surface area contributed by atoms with Gasteiger partial charge in [0.05, 0.1) is 35.5 Å². The minimum Gasteiger partial charge on any atom is -0.492 e. The maximum atomic E-state index is 13.2. The van der Waals surface area contributed by atoms with Gasteiger partial charge >= 0.3 is 5.97 Å². The summed E-state index contributed by atoms with van der Waals surface area (Å²) in [6, 6.07) is 10.3. The first-order valence-corrected chi connectivity index (χ1v) is 13.9. The number of aromatic nitrogens is 2. The number of rotatable bonds is 7. The van der Waals surface area contributed by atoms with Gasteiger partial charge in [-0.25, -0.2) is 9.18 Å². The van der Waals surface area contributed by atoms with Crippen molar-refractivity contribution in [2.24, 2.45) is 5.41 Å². The van der Waals surface area contributed by atoms with Crippen LogP contribution < -0.4 is 9.64 Å². The number of piperidine rings is 1. The molecular weight excluding hydrogens is 509 g/mol. The highest BCUT2D eigenvalue weighted by Crippen LogP contribution is 2.45. The number of benzene rings is 1. The van der Waals surface area contributed by atoms with Crippen molar-refractivity contribution in [2.75, 3.05) is 24.6 Å². The van der Waals surface area contributed by atoms with Gasteiger partial charge in [-0.1, -0.05) is 26.0 Å². The highest BCUT2D eigenvalue weighted by molar-refractivity contribution is 5.87. The number of hydrogen-bond acceptors (Lipinski definition) is 7. The molecule has 8 heteroatoms. The fraction of sp³-hybridized carbons (Fsp3) is 0.469. The normalized spacial score (nSPS) is 18.7. The Morgan fingerprint density at radius 1 is 1.05 bits per heavy atom. The average molecular weight is 548 g/mol. The van der Waals surface area contributed by atoms with Gasteiger partial charge in [0.2, 0.25) is 0 Å². The molecule has 1 atom stereocenters. The standard InChI is InChI=1S/C32H38FN3O4/c1-31(2,3)40-29-27-26(20-39-30(29)37)35-19-24(28(27)36-15-13-32(4,5)14-16-36)25-11-10-23(18-34-25)38-17-12-21-6-8-22(33)9-7-21/h6-11,18-19,29H,12-17,20H2,1-5H3. The van der Waals surface area contributed by atoms with Crippen LogP contribution in [0.2, 0.25) is 0 Å². The first kappa shape index (κ1) is 28.0. The lowest BCUT2D eigenvalue weighted by Crippen LogP contribution is -2.40. The minimum absolute atomic E-state index is 0.124. The van der Waals surface area contributed by atoms with Crippen molar-refractivity contribution >= 4 is 11.7 Å². The molecular formula is C32H38FN3O4. The van der Waals surface area contributed by atoms with Gasteiger partial charge in [0.25, 0.3) is 0 Å². The van der Waals surface area contributed by atoms with Crippen molar-refractivity contribution in [1.82, 2.24) is 9.97 Å². The molecule has 2 aliphatic rings. The number of hydrogen-bond donors (Lipinski definition) is 0. The molecule has 0 saturated carbocycles. The number of esters is 1. The Bertz CT molecular complexity index is 1340. The molecule has 4 heterocycles. The van der Waals surface area contributed by atoms with Crippen LogP contribution in [0.15, 0.2) is 48.8 Å². The van der Waals surface area contributed by atoms with Crippen LogP contribution in [0.4, 0.5) is 10.1 Å². The molecule has 0 bridgehead atoms. The number of anilines is 1. The van der Waals surface area contributed by atoms with E-state index >= 15 is 0 Å². The third-order valence-electron chi connectivity index (χ3n) is 7.49. The molecule has 0 amide bonds. The molecule has 2 aromatic heterocycles. The topological polar surface area (TPSA) is 73.8 Å². The number of halogens is 1. The van der Waals surface area contributed by atoms with Crippen LogP contribution in [-0.2, 0) is 27.3 Å². The lowest BCUT2D eigenvalue weighted by molar-refractivity contribution is -0.172. The Kier molecular flexibility index (Phi) is 7.82. The summed E-state index contributed by atoms with van der Waals surface area (Å²) in [5, 5.41) is 0. The Hall–Kier alpha value is -3.52. The van der Waals surface area contributed by atoms with Crippen LogP contribution >= 0.6 is 0 Å². The molecule has 212 valence electrons. The van der Waals surface area contributed by atoms with E-state index in [-0.39, 0.29) is 17.8 Å². The summed E-state index contributed by atoms with van der Waals surface area (Å²) in [5.41, 5.74) is 4.76. The second-order valence-electron chi connectivity index (χ2n) is 12.4. The predicted octanol–water partition coefficient (Wildman–Crippen LogP) is 6.44. The first-order valence-electron chi connectivity index (χ1n) is 13.9. The van der Waals surface area contributed by atoms with Gasteiger partial charge in [-0.15, -0.1) is 0 Å². The van der Waals surface area contributed by atoms with Gasteiger partial charge < -0.3 is 19.1 Å². The summed E-state index contributed by atoms with van der Waals surface area (Å²) in [6.07, 6.45) is 5.41. The number of nitrogens with zero attached hydrogens (tertiary/aromatic N) is 3. The summed E-state index contributed by atoms with van der Waals surface area (Å²) < 4.78 is 30.8. The Balaban J connectivity index is 1.46. The summed E-state index contributed by atoms with van der Waals surface area (Å²) in [6.45, 7) is 12.7. The summed E-state index contributed by atoms with van der Waals surface area (Å²) in [5.74, 6) is 0.00957. The molecule has 40 heavy (non-hydrogen) atoms. The maximum absolute atomic E-state index is 13.2. The predicted molar refractivity (Wildman–Crippen MR) is 152 cm³/mol. The first-order chi connectivity index (χ1) is 19.0. The van der Waals surface area contributed by atoms with Crippen molar-refractivity contribution in [2.45, 2.75) is 72.2 Å². The van der Waals surface area contributed by atoms with Crippen molar-refractivity contribution in [1.29, 1.82) is 0 Å². The molecule has 7 nitrogen and oxygen atoms in total. The van der Waals surface area contributed by atoms with Crippen LogP contribution in [0.5, 0.6) is 5.75 Å². The zero-order valence-electron chi connectivity index (χ0n) is 24.0. The molecule has 1 aromatic carbocycles. The van der Waals surface area contributed by atoms with Gasteiger partial charge in [-0.05, 0) is 68.9 Å². The molecule has 0 aliphatic carbocycles. The van der Waals surface area contributed by atoms with E-state index in [2.05, 4.69) is 18.7 Å². The van der Waals surface area contributed by atoms with E-state index in [0.29, 0.717) is 18.8 Å². The van der Waals surface area contributed by atoms with Crippen LogP contribution in [-0.4, -0.2) is 41.2 Å². The Morgan fingerprint density at radius 3 is 2.42 bits per heavy atom. The van der Waals surface area contributed by atoms with E-state index in [1.54, 1.807) is 18.3 Å². The van der Waals surface area contributed by atoms with E-state index in [9.17, 15) is 9.18 Å². The molecule has 0 radical (unpaired) electrons. The van der Waals surface area contributed by atoms with Gasteiger partial charge in [-0.2, -0.15) is 0 Å². The van der Waals surface area contributed by atoms with Gasteiger partial charge in [0.15, 0.2) is 6.10 Å². The smallest absolute Gasteiger partial charge is 0.340 e. The highest BCUT2D eigenvalue weighted by Gasteiger charge is 2.40. The SMILES string of the molecule is CC1(C)CCN(c2c(-c3ccc(OCCc4ccc(F)cc4)cn3)cnc3c2C(OC(C)(C)C)C(=O)OC3)CC1. The number of carbonyl (C=O) groups excluding carboxylic acids is 1. The van der Waals surface area contributed by atoms with Crippen LogP contribution in [0.1, 0.15) is 70.4 Å². The third-order valence-corrected chi connectivity index (χ3v) is 7.49. The van der Waals surface area contributed by atoms with E-state index in [1.165, 1.54) is 12.1 Å². The summed E-state index contributed by atoms with van der Waals surface area (Å²) >= 11 is 0. The fourth-order valence-electron chi connectivity index (χ4n) is 5.17. The van der Waals surface area contributed by atoms with Crippen molar-refractivity contribution in [3.8, 4) is 17.0 Å². The number of pyridine rings is 2. The number of carbonyl (C=O) groups is 1. The Labute approximate surface area is 235 Å². The van der Waals surface area contributed by atoms with Crippen molar-refractivity contribution < 1.29 is 23.4 Å². The second-order valence-corrected chi connectivity index (χ2v) is 12.4. The monoisotopic (exact) mass is 547 g/mol.